The molecule has 0 radical (unpaired) electrons. The number of rotatable bonds is 1. The van der Waals surface area contributed by atoms with Crippen LogP contribution < -0.4 is 5.32 Å². The van der Waals surface area contributed by atoms with Gasteiger partial charge in [-0.05, 0) is 37.0 Å². The molecule has 1 saturated heterocycles. The van der Waals surface area contributed by atoms with Gasteiger partial charge < -0.3 is 15.3 Å². The molecule has 3 atom stereocenters. The standard InChI is InChI=1S/C14H17FN2O2/c15-10-2-1-3-11(6-10)16-14(19)17-7-9-4-5-13(18)12(9)8-17/h1-3,6,9,12-13,18H,4-5,7-8H2,(H,16,19). The van der Waals surface area contributed by atoms with Gasteiger partial charge in [0.05, 0.1) is 6.10 Å². The van der Waals surface area contributed by atoms with Crippen molar-refractivity contribution >= 4 is 11.7 Å². The van der Waals surface area contributed by atoms with Crippen LogP contribution in [-0.2, 0) is 0 Å². The lowest BCUT2D eigenvalue weighted by Gasteiger charge is -2.19. The van der Waals surface area contributed by atoms with E-state index in [1.807, 2.05) is 0 Å². The van der Waals surface area contributed by atoms with Crippen LogP contribution in [0.1, 0.15) is 12.8 Å². The van der Waals surface area contributed by atoms with E-state index < -0.39 is 0 Å². The van der Waals surface area contributed by atoms with Gasteiger partial charge in [0.25, 0.3) is 0 Å². The number of anilines is 1. The third-order valence-electron chi connectivity index (χ3n) is 4.18. The van der Waals surface area contributed by atoms with Crippen LogP contribution in [0.15, 0.2) is 24.3 Å². The van der Waals surface area contributed by atoms with E-state index in [1.54, 1.807) is 17.0 Å². The van der Waals surface area contributed by atoms with E-state index >= 15 is 0 Å². The molecule has 102 valence electrons. The normalized spacial score (nSPS) is 29.4. The van der Waals surface area contributed by atoms with Gasteiger partial charge in [-0.3, -0.25) is 0 Å². The lowest BCUT2D eigenvalue weighted by atomic mass is 10.00. The molecule has 2 N–H and O–H groups in total. The highest BCUT2D eigenvalue weighted by Crippen LogP contribution is 2.38. The molecule has 2 aliphatic rings. The predicted octanol–water partition coefficient (Wildman–Crippen LogP) is 2.06. The number of nitrogens with zero attached hydrogens (tertiary/aromatic N) is 1. The van der Waals surface area contributed by atoms with Crippen molar-refractivity contribution < 1.29 is 14.3 Å². The number of halogens is 1. The van der Waals surface area contributed by atoms with Gasteiger partial charge in [-0.25, -0.2) is 9.18 Å². The van der Waals surface area contributed by atoms with E-state index in [0.717, 1.165) is 12.8 Å². The van der Waals surface area contributed by atoms with Gasteiger partial charge in [-0.2, -0.15) is 0 Å². The number of aliphatic hydroxyl groups is 1. The number of urea groups is 1. The first-order valence-corrected chi connectivity index (χ1v) is 6.63. The maximum absolute atomic E-state index is 13.0. The quantitative estimate of drug-likeness (QED) is 0.815. The lowest BCUT2D eigenvalue weighted by molar-refractivity contribution is 0.127. The zero-order chi connectivity index (χ0) is 13.4. The summed E-state index contributed by atoms with van der Waals surface area (Å²) in [5.41, 5.74) is 0.461. The van der Waals surface area contributed by atoms with Crippen LogP contribution in [-0.4, -0.2) is 35.2 Å². The Kier molecular flexibility index (Phi) is 3.14. The molecular formula is C14H17FN2O2. The first kappa shape index (κ1) is 12.4. The van der Waals surface area contributed by atoms with Crippen LogP contribution in [0.5, 0.6) is 0 Å². The summed E-state index contributed by atoms with van der Waals surface area (Å²) in [6, 6.07) is 5.64. The molecule has 3 unspecified atom stereocenters. The Labute approximate surface area is 111 Å². The maximum atomic E-state index is 13.0. The van der Waals surface area contributed by atoms with E-state index in [2.05, 4.69) is 5.32 Å². The maximum Gasteiger partial charge on any atom is 0.321 e. The van der Waals surface area contributed by atoms with Crippen LogP contribution in [0.3, 0.4) is 0 Å². The number of benzene rings is 1. The Morgan fingerprint density at radius 3 is 2.95 bits per heavy atom. The van der Waals surface area contributed by atoms with Crippen LogP contribution in [0.4, 0.5) is 14.9 Å². The summed E-state index contributed by atoms with van der Waals surface area (Å²) in [6.07, 6.45) is 1.54. The van der Waals surface area contributed by atoms with Gasteiger partial charge in [0.2, 0.25) is 0 Å². The first-order chi connectivity index (χ1) is 9.13. The topological polar surface area (TPSA) is 52.6 Å². The highest BCUT2D eigenvalue weighted by atomic mass is 19.1. The van der Waals surface area contributed by atoms with Crippen LogP contribution >= 0.6 is 0 Å². The van der Waals surface area contributed by atoms with Gasteiger partial charge >= 0.3 is 6.03 Å². The molecule has 3 rings (SSSR count). The second-order valence-corrected chi connectivity index (χ2v) is 5.41. The highest BCUT2D eigenvalue weighted by molar-refractivity contribution is 5.89. The number of hydrogen-bond donors (Lipinski definition) is 2. The summed E-state index contributed by atoms with van der Waals surface area (Å²) in [7, 11) is 0. The van der Waals surface area contributed by atoms with Gasteiger partial charge in [0.15, 0.2) is 0 Å². The summed E-state index contributed by atoms with van der Waals surface area (Å²) in [5.74, 6) is 0.248. The molecule has 0 spiro atoms. The average molecular weight is 264 g/mol. The molecule has 19 heavy (non-hydrogen) atoms. The SMILES string of the molecule is O=C(Nc1cccc(F)c1)N1CC2CCC(O)C2C1. The molecule has 1 aliphatic heterocycles. The highest BCUT2D eigenvalue weighted by Gasteiger charge is 2.43. The van der Waals surface area contributed by atoms with Crippen molar-refractivity contribution in [1.82, 2.24) is 4.90 Å². The van der Waals surface area contributed by atoms with Gasteiger partial charge in [-0.1, -0.05) is 6.07 Å². The Bertz CT molecular complexity index is 494. The van der Waals surface area contributed by atoms with Crippen LogP contribution in [0, 0.1) is 17.7 Å². The summed E-state index contributed by atoms with van der Waals surface area (Å²) in [4.78, 5) is 13.8. The Balaban J connectivity index is 1.63. The number of aliphatic hydroxyl groups excluding tert-OH is 1. The molecule has 4 nitrogen and oxygen atoms in total. The summed E-state index contributed by atoms with van der Waals surface area (Å²) in [5, 5.41) is 12.5. The largest absolute Gasteiger partial charge is 0.393 e. The van der Waals surface area contributed by atoms with Crippen molar-refractivity contribution in [3.05, 3.63) is 30.1 Å². The third-order valence-corrected chi connectivity index (χ3v) is 4.18. The smallest absolute Gasteiger partial charge is 0.321 e. The molecule has 2 amide bonds. The fourth-order valence-corrected chi connectivity index (χ4v) is 3.17. The number of likely N-dealkylation sites (tertiary alicyclic amines) is 1. The fraction of sp³-hybridized carbons (Fsp3) is 0.500. The van der Waals surface area contributed by atoms with E-state index in [-0.39, 0.29) is 23.9 Å². The molecule has 1 aromatic carbocycles. The monoisotopic (exact) mass is 264 g/mol. The summed E-state index contributed by atoms with van der Waals surface area (Å²) >= 11 is 0. The number of nitrogens with one attached hydrogen (secondary N) is 1. The molecule has 0 aromatic heterocycles. The zero-order valence-electron chi connectivity index (χ0n) is 10.6. The minimum Gasteiger partial charge on any atom is -0.393 e. The molecule has 2 fully saturated rings. The zero-order valence-corrected chi connectivity index (χ0v) is 10.6. The Morgan fingerprint density at radius 1 is 1.37 bits per heavy atom. The van der Waals surface area contributed by atoms with E-state index in [0.29, 0.717) is 24.7 Å². The van der Waals surface area contributed by atoms with Crippen molar-refractivity contribution in [3.8, 4) is 0 Å². The summed E-state index contributed by atoms with van der Waals surface area (Å²) in [6.45, 7) is 1.27. The van der Waals surface area contributed by atoms with Crippen molar-refractivity contribution in [2.24, 2.45) is 11.8 Å². The second-order valence-electron chi connectivity index (χ2n) is 5.41. The minimum absolute atomic E-state index is 0.207. The van der Waals surface area contributed by atoms with Crippen LogP contribution in [0.25, 0.3) is 0 Å². The molecule has 5 heteroatoms. The predicted molar refractivity (Wildman–Crippen MR) is 69.2 cm³/mol. The Morgan fingerprint density at radius 2 is 2.21 bits per heavy atom. The molecular weight excluding hydrogens is 247 g/mol. The van der Waals surface area contributed by atoms with E-state index in [9.17, 15) is 14.3 Å². The number of carbonyl (C=O) groups excluding carboxylic acids is 1. The van der Waals surface area contributed by atoms with Crippen molar-refractivity contribution in [3.63, 3.8) is 0 Å². The van der Waals surface area contributed by atoms with Crippen molar-refractivity contribution in [1.29, 1.82) is 0 Å². The molecule has 1 aliphatic carbocycles. The summed E-state index contributed by atoms with van der Waals surface area (Å²) < 4.78 is 13.0. The van der Waals surface area contributed by atoms with Gasteiger partial charge in [0.1, 0.15) is 5.82 Å². The minimum atomic E-state index is -0.369. The van der Waals surface area contributed by atoms with Gasteiger partial charge in [0, 0.05) is 24.7 Å². The number of fused-ring (bicyclic) bond motifs is 1. The molecule has 1 heterocycles. The Hall–Kier alpha value is -1.62. The number of amides is 2. The molecule has 1 saturated carbocycles. The van der Waals surface area contributed by atoms with Gasteiger partial charge in [-0.15, -0.1) is 0 Å². The van der Waals surface area contributed by atoms with Crippen molar-refractivity contribution in [2.45, 2.75) is 18.9 Å². The number of hydrogen-bond acceptors (Lipinski definition) is 2. The van der Waals surface area contributed by atoms with E-state index in [4.69, 9.17) is 0 Å². The van der Waals surface area contributed by atoms with E-state index in [1.165, 1.54) is 12.1 Å². The average Bonchev–Trinajstić information content (AvgIpc) is 2.92. The lowest BCUT2D eigenvalue weighted by Crippen LogP contribution is -2.34. The second kappa shape index (κ2) is 4.81. The fourth-order valence-electron chi connectivity index (χ4n) is 3.17. The van der Waals surface area contributed by atoms with Crippen molar-refractivity contribution in [2.75, 3.05) is 18.4 Å². The third kappa shape index (κ3) is 2.42. The first-order valence-electron chi connectivity index (χ1n) is 6.63. The number of carbonyl (C=O) groups is 1. The molecule has 1 aromatic rings. The van der Waals surface area contributed by atoms with Crippen LogP contribution in [0.2, 0.25) is 0 Å². The molecule has 0 bridgehead atoms.